The second-order valence-corrected chi connectivity index (χ2v) is 4.69. The van der Waals surface area contributed by atoms with Crippen molar-refractivity contribution in [2.24, 2.45) is 5.92 Å². The Bertz CT molecular complexity index is 607. The molecule has 1 N–H and O–H groups in total. The van der Waals surface area contributed by atoms with Crippen molar-refractivity contribution in [1.29, 1.82) is 0 Å². The molecule has 0 bridgehead atoms. The van der Waals surface area contributed by atoms with Crippen molar-refractivity contribution in [3.05, 3.63) is 78.6 Å². The van der Waals surface area contributed by atoms with Crippen molar-refractivity contribution in [3.8, 4) is 0 Å². The van der Waals surface area contributed by atoms with Gasteiger partial charge in [-0.25, -0.2) is 0 Å². The topological polar surface area (TPSA) is 38.3 Å². The third-order valence-corrected chi connectivity index (χ3v) is 3.36. The van der Waals surface area contributed by atoms with Crippen LogP contribution in [0.1, 0.15) is 11.6 Å². The predicted molar refractivity (Wildman–Crippen MR) is 78.0 cm³/mol. The van der Waals surface area contributed by atoms with E-state index in [1.807, 2.05) is 60.7 Å². The Kier molecular flexibility index (Phi) is 3.50. The highest BCUT2D eigenvalue weighted by molar-refractivity contribution is 5.79. The summed E-state index contributed by atoms with van der Waals surface area (Å²) in [7, 11) is 0. The van der Waals surface area contributed by atoms with Gasteiger partial charge in [0.15, 0.2) is 0 Å². The van der Waals surface area contributed by atoms with E-state index in [0.29, 0.717) is 0 Å². The summed E-state index contributed by atoms with van der Waals surface area (Å²) in [5, 5.41) is 3.42. The van der Waals surface area contributed by atoms with Gasteiger partial charge in [-0.2, -0.15) is 0 Å². The number of hydrogen-bond acceptors (Lipinski definition) is 3. The summed E-state index contributed by atoms with van der Waals surface area (Å²) in [6.45, 7) is 0. The molecule has 0 aliphatic carbocycles. The highest BCUT2D eigenvalue weighted by atomic mass is 16.5. The summed E-state index contributed by atoms with van der Waals surface area (Å²) < 4.78 is 4.95. The first-order valence-corrected chi connectivity index (χ1v) is 6.58. The van der Waals surface area contributed by atoms with E-state index in [-0.39, 0.29) is 17.9 Å². The van der Waals surface area contributed by atoms with Gasteiger partial charge in [-0.3, -0.25) is 4.79 Å². The van der Waals surface area contributed by atoms with Crippen LogP contribution in [0.15, 0.2) is 73.0 Å². The van der Waals surface area contributed by atoms with Crippen molar-refractivity contribution in [3.63, 3.8) is 0 Å². The molecule has 0 saturated carbocycles. The SMILES string of the molecule is O=C1OC=C[C@@H]1[C@@H](Nc1ccccc1)c1ccccc1. The third-order valence-electron chi connectivity index (χ3n) is 3.36. The van der Waals surface area contributed by atoms with Gasteiger partial charge < -0.3 is 10.1 Å². The van der Waals surface area contributed by atoms with Gasteiger partial charge >= 0.3 is 5.97 Å². The fourth-order valence-electron chi connectivity index (χ4n) is 2.35. The molecule has 1 heterocycles. The smallest absolute Gasteiger partial charge is 0.320 e. The van der Waals surface area contributed by atoms with Crippen LogP contribution in [0.5, 0.6) is 0 Å². The molecule has 2 atom stereocenters. The van der Waals surface area contributed by atoms with Gasteiger partial charge in [-0.1, -0.05) is 48.5 Å². The first kappa shape index (κ1) is 12.5. The molecule has 0 spiro atoms. The number of carbonyl (C=O) groups is 1. The van der Waals surface area contributed by atoms with Crippen molar-refractivity contribution >= 4 is 11.7 Å². The minimum atomic E-state index is -0.308. The van der Waals surface area contributed by atoms with E-state index in [4.69, 9.17) is 4.74 Å². The van der Waals surface area contributed by atoms with Gasteiger partial charge in [-0.15, -0.1) is 0 Å². The van der Waals surface area contributed by atoms with Gasteiger partial charge in [0.1, 0.15) is 5.92 Å². The van der Waals surface area contributed by atoms with Crippen LogP contribution >= 0.6 is 0 Å². The van der Waals surface area contributed by atoms with Crippen LogP contribution in [0.25, 0.3) is 0 Å². The molecular formula is C17H15NO2. The molecule has 0 fully saturated rings. The van der Waals surface area contributed by atoms with Crippen LogP contribution in [-0.2, 0) is 9.53 Å². The number of esters is 1. The monoisotopic (exact) mass is 265 g/mol. The molecule has 3 nitrogen and oxygen atoms in total. The number of para-hydroxylation sites is 1. The fraction of sp³-hybridized carbons (Fsp3) is 0.118. The van der Waals surface area contributed by atoms with Gasteiger partial charge in [-0.05, 0) is 23.8 Å². The molecular weight excluding hydrogens is 250 g/mol. The maximum Gasteiger partial charge on any atom is 0.320 e. The third kappa shape index (κ3) is 2.57. The molecule has 1 aliphatic heterocycles. The largest absolute Gasteiger partial charge is 0.434 e. The quantitative estimate of drug-likeness (QED) is 0.859. The molecule has 100 valence electrons. The summed E-state index contributed by atoms with van der Waals surface area (Å²) in [5.41, 5.74) is 2.04. The fourth-order valence-corrected chi connectivity index (χ4v) is 2.35. The molecule has 0 aromatic heterocycles. The van der Waals surface area contributed by atoms with E-state index < -0.39 is 0 Å². The van der Waals surface area contributed by atoms with E-state index in [1.165, 1.54) is 6.26 Å². The Morgan fingerprint density at radius 1 is 0.950 bits per heavy atom. The molecule has 1 aliphatic rings. The maximum absolute atomic E-state index is 11.9. The molecule has 0 amide bonds. The normalized spacial score (nSPS) is 18.6. The summed E-state index contributed by atoms with van der Waals surface area (Å²) in [4.78, 5) is 11.9. The van der Waals surface area contributed by atoms with Gasteiger partial charge in [0.2, 0.25) is 0 Å². The second kappa shape index (κ2) is 5.61. The number of carbonyl (C=O) groups excluding carboxylic acids is 1. The van der Waals surface area contributed by atoms with E-state index in [1.54, 1.807) is 6.08 Å². The number of anilines is 1. The lowest BCUT2D eigenvalue weighted by Crippen LogP contribution is -2.24. The first-order valence-electron chi connectivity index (χ1n) is 6.58. The number of benzene rings is 2. The molecule has 20 heavy (non-hydrogen) atoms. The number of nitrogens with one attached hydrogen (secondary N) is 1. The number of rotatable bonds is 4. The Morgan fingerprint density at radius 3 is 2.20 bits per heavy atom. The lowest BCUT2D eigenvalue weighted by Gasteiger charge is -2.23. The van der Waals surface area contributed by atoms with E-state index >= 15 is 0 Å². The van der Waals surface area contributed by atoms with Crippen LogP contribution in [-0.4, -0.2) is 5.97 Å². The minimum absolute atomic E-state index is 0.134. The van der Waals surface area contributed by atoms with Gasteiger partial charge in [0.05, 0.1) is 12.3 Å². The first-order chi connectivity index (χ1) is 9.84. The van der Waals surface area contributed by atoms with Crippen molar-refractivity contribution in [2.45, 2.75) is 6.04 Å². The highest BCUT2D eigenvalue weighted by Gasteiger charge is 2.31. The molecule has 0 saturated heterocycles. The summed E-state index contributed by atoms with van der Waals surface area (Å²) >= 11 is 0. The maximum atomic E-state index is 11.9. The number of cyclic esters (lactones) is 1. The summed E-state index contributed by atoms with van der Waals surface area (Å²) in [5.74, 6) is -0.528. The Morgan fingerprint density at radius 2 is 1.60 bits per heavy atom. The molecule has 2 aromatic rings. The number of hydrogen-bond donors (Lipinski definition) is 1. The van der Waals surface area contributed by atoms with E-state index in [2.05, 4.69) is 5.32 Å². The van der Waals surface area contributed by atoms with Gasteiger partial charge in [0, 0.05) is 5.69 Å². The summed E-state index contributed by atoms with van der Waals surface area (Å²) in [6, 6.07) is 19.7. The molecule has 0 unspecified atom stereocenters. The molecule has 3 heteroatoms. The van der Waals surface area contributed by atoms with E-state index in [0.717, 1.165) is 11.3 Å². The lowest BCUT2D eigenvalue weighted by molar-refractivity contribution is -0.139. The van der Waals surface area contributed by atoms with Crippen molar-refractivity contribution in [2.75, 3.05) is 5.32 Å². The van der Waals surface area contributed by atoms with Crippen molar-refractivity contribution in [1.82, 2.24) is 0 Å². The van der Waals surface area contributed by atoms with Crippen LogP contribution in [0.3, 0.4) is 0 Å². The zero-order chi connectivity index (χ0) is 13.8. The van der Waals surface area contributed by atoms with Gasteiger partial charge in [0.25, 0.3) is 0 Å². The van der Waals surface area contributed by atoms with Crippen LogP contribution in [0, 0.1) is 5.92 Å². The van der Waals surface area contributed by atoms with Crippen molar-refractivity contribution < 1.29 is 9.53 Å². The lowest BCUT2D eigenvalue weighted by atomic mass is 9.93. The van der Waals surface area contributed by atoms with E-state index in [9.17, 15) is 4.79 Å². The zero-order valence-corrected chi connectivity index (χ0v) is 10.9. The Hall–Kier alpha value is -2.55. The highest BCUT2D eigenvalue weighted by Crippen LogP contribution is 2.31. The standard InChI is InChI=1S/C17H15NO2/c19-17-15(11-12-20-17)16(13-7-3-1-4-8-13)18-14-9-5-2-6-10-14/h1-12,15-16,18H/t15-,16+/m1/s1. The summed E-state index contributed by atoms with van der Waals surface area (Å²) in [6.07, 6.45) is 3.27. The second-order valence-electron chi connectivity index (χ2n) is 4.69. The predicted octanol–water partition coefficient (Wildman–Crippen LogP) is 3.53. The minimum Gasteiger partial charge on any atom is -0.434 e. The Balaban J connectivity index is 1.91. The van der Waals surface area contributed by atoms with Crippen LogP contribution in [0.4, 0.5) is 5.69 Å². The average Bonchev–Trinajstić information content (AvgIpc) is 2.93. The average molecular weight is 265 g/mol. The van der Waals surface area contributed by atoms with Crippen LogP contribution in [0.2, 0.25) is 0 Å². The molecule has 2 aromatic carbocycles. The number of ether oxygens (including phenoxy) is 1. The Labute approximate surface area is 117 Å². The van der Waals surface area contributed by atoms with Crippen LogP contribution < -0.4 is 5.32 Å². The molecule has 0 radical (unpaired) electrons. The zero-order valence-electron chi connectivity index (χ0n) is 10.9. The molecule has 3 rings (SSSR count).